The van der Waals surface area contributed by atoms with E-state index in [4.69, 9.17) is 4.74 Å². The Hall–Kier alpha value is -2.38. The van der Waals surface area contributed by atoms with Crippen molar-refractivity contribution in [3.05, 3.63) is 59.7 Å². The molecule has 0 unspecified atom stereocenters. The molecule has 0 radical (unpaired) electrons. The van der Waals surface area contributed by atoms with Crippen LogP contribution in [0.5, 0.6) is 5.75 Å². The number of carbonyl (C=O) groups excluding carboxylic acids is 1. The predicted octanol–water partition coefficient (Wildman–Crippen LogP) is 3.11. The van der Waals surface area contributed by atoms with Gasteiger partial charge in [-0.3, -0.25) is 4.79 Å². The Balaban J connectivity index is 1.59. The first kappa shape index (κ1) is 21.3. The molecule has 2 aromatic rings. The summed E-state index contributed by atoms with van der Waals surface area (Å²) in [6, 6.07) is 14.4. The maximum absolute atomic E-state index is 12.9. The number of benzene rings is 2. The highest BCUT2D eigenvalue weighted by molar-refractivity contribution is 7.89. The van der Waals surface area contributed by atoms with Crippen LogP contribution in [0.3, 0.4) is 0 Å². The van der Waals surface area contributed by atoms with Gasteiger partial charge in [0.15, 0.2) is 0 Å². The average Bonchev–Trinajstić information content (AvgIpc) is 2.73. The van der Waals surface area contributed by atoms with E-state index in [2.05, 4.69) is 5.32 Å². The number of carbonyl (C=O) groups is 1. The monoisotopic (exact) mass is 416 g/mol. The Morgan fingerprint density at radius 1 is 1.14 bits per heavy atom. The van der Waals surface area contributed by atoms with E-state index in [1.54, 1.807) is 24.3 Å². The lowest BCUT2D eigenvalue weighted by atomic mass is 9.99. The van der Waals surface area contributed by atoms with E-state index >= 15 is 0 Å². The van der Waals surface area contributed by atoms with Crippen molar-refractivity contribution in [2.45, 2.75) is 38.1 Å². The van der Waals surface area contributed by atoms with E-state index in [9.17, 15) is 13.2 Å². The Kier molecular flexibility index (Phi) is 6.92. The quantitative estimate of drug-likeness (QED) is 0.753. The van der Waals surface area contributed by atoms with Gasteiger partial charge in [-0.05, 0) is 56.5 Å². The Morgan fingerprint density at radius 3 is 2.48 bits per heavy atom. The fourth-order valence-electron chi connectivity index (χ4n) is 3.44. The lowest BCUT2D eigenvalue weighted by molar-refractivity contribution is -0.126. The first-order chi connectivity index (χ1) is 13.9. The maximum atomic E-state index is 12.9. The van der Waals surface area contributed by atoms with E-state index in [1.807, 2.05) is 38.1 Å². The highest BCUT2D eigenvalue weighted by atomic mass is 32.2. The smallest absolute Gasteiger partial charge is 0.243 e. The highest BCUT2D eigenvalue weighted by Gasteiger charge is 2.33. The van der Waals surface area contributed by atoms with Crippen LogP contribution in [0.2, 0.25) is 0 Å². The van der Waals surface area contributed by atoms with Crippen molar-refractivity contribution in [2.24, 2.45) is 5.92 Å². The lowest BCUT2D eigenvalue weighted by Crippen LogP contribution is -2.45. The summed E-state index contributed by atoms with van der Waals surface area (Å²) in [5.41, 5.74) is 1.98. The molecule has 1 N–H and O–H groups in total. The summed E-state index contributed by atoms with van der Waals surface area (Å²) >= 11 is 0. The number of nitrogens with zero attached hydrogens (tertiary/aromatic N) is 1. The molecular weight excluding hydrogens is 388 g/mol. The molecule has 3 rings (SSSR count). The zero-order chi connectivity index (χ0) is 20.9. The van der Waals surface area contributed by atoms with Crippen LogP contribution in [-0.4, -0.2) is 38.3 Å². The van der Waals surface area contributed by atoms with Gasteiger partial charge in [0.1, 0.15) is 5.75 Å². The van der Waals surface area contributed by atoms with Gasteiger partial charge >= 0.3 is 0 Å². The van der Waals surface area contributed by atoms with E-state index in [-0.39, 0.29) is 23.3 Å². The van der Waals surface area contributed by atoms with Crippen molar-refractivity contribution in [1.82, 2.24) is 9.62 Å². The summed E-state index contributed by atoms with van der Waals surface area (Å²) < 4.78 is 32.7. The minimum atomic E-state index is -3.58. The molecule has 0 aromatic heterocycles. The molecule has 0 bridgehead atoms. The standard InChI is InChI=1S/C22H28N2O4S/c1-3-28-20-10-8-18(9-11-20)15-23-22(25)19-5-4-14-24(16-19)29(26,27)21-12-6-17(2)7-13-21/h6-13,19H,3-5,14-16H2,1-2H3,(H,23,25)/t19-/m0/s1. The van der Waals surface area contributed by atoms with Gasteiger partial charge in [0, 0.05) is 19.6 Å². The van der Waals surface area contributed by atoms with Gasteiger partial charge in [-0.25, -0.2) is 8.42 Å². The number of aryl methyl sites for hydroxylation is 1. The number of piperidine rings is 1. The summed E-state index contributed by atoms with van der Waals surface area (Å²) in [5.74, 6) is 0.348. The first-order valence-electron chi connectivity index (χ1n) is 9.96. The molecule has 1 saturated heterocycles. The molecule has 0 saturated carbocycles. The number of sulfonamides is 1. The van der Waals surface area contributed by atoms with Crippen LogP contribution in [0.4, 0.5) is 0 Å². The number of hydrogen-bond acceptors (Lipinski definition) is 4. The minimum Gasteiger partial charge on any atom is -0.494 e. The number of amides is 1. The van der Waals surface area contributed by atoms with Crippen LogP contribution >= 0.6 is 0 Å². The number of nitrogens with one attached hydrogen (secondary N) is 1. The van der Waals surface area contributed by atoms with Gasteiger partial charge < -0.3 is 10.1 Å². The lowest BCUT2D eigenvalue weighted by Gasteiger charge is -2.31. The molecule has 1 aliphatic rings. The van der Waals surface area contributed by atoms with Gasteiger partial charge in [0.25, 0.3) is 0 Å². The molecule has 2 aromatic carbocycles. The van der Waals surface area contributed by atoms with Crippen molar-refractivity contribution < 1.29 is 17.9 Å². The van der Waals surface area contributed by atoms with Crippen molar-refractivity contribution in [3.8, 4) is 5.75 Å². The fraction of sp³-hybridized carbons (Fsp3) is 0.409. The van der Waals surface area contributed by atoms with Crippen molar-refractivity contribution in [1.29, 1.82) is 0 Å². The van der Waals surface area contributed by atoms with Crippen LogP contribution in [0.15, 0.2) is 53.4 Å². The third-order valence-corrected chi connectivity index (χ3v) is 6.99. The molecule has 1 fully saturated rings. The number of rotatable bonds is 7. The third-order valence-electron chi connectivity index (χ3n) is 5.11. The van der Waals surface area contributed by atoms with Crippen LogP contribution in [0.25, 0.3) is 0 Å². The predicted molar refractivity (Wildman–Crippen MR) is 112 cm³/mol. The zero-order valence-corrected chi connectivity index (χ0v) is 17.7. The topological polar surface area (TPSA) is 75.7 Å². The van der Waals surface area contributed by atoms with Crippen LogP contribution in [0, 0.1) is 12.8 Å². The minimum absolute atomic E-state index is 0.109. The van der Waals surface area contributed by atoms with Gasteiger partial charge in [-0.15, -0.1) is 0 Å². The van der Waals surface area contributed by atoms with E-state index < -0.39 is 10.0 Å². The van der Waals surface area contributed by atoms with Crippen LogP contribution < -0.4 is 10.1 Å². The van der Waals surface area contributed by atoms with E-state index in [1.165, 1.54) is 4.31 Å². The molecule has 1 amide bonds. The second-order valence-corrected chi connectivity index (χ2v) is 9.25. The van der Waals surface area contributed by atoms with Gasteiger partial charge in [0.2, 0.25) is 15.9 Å². The zero-order valence-electron chi connectivity index (χ0n) is 16.9. The van der Waals surface area contributed by atoms with Crippen molar-refractivity contribution in [2.75, 3.05) is 19.7 Å². The molecule has 6 nitrogen and oxygen atoms in total. The normalized spacial score (nSPS) is 17.7. The molecule has 7 heteroatoms. The molecule has 156 valence electrons. The fourth-order valence-corrected chi connectivity index (χ4v) is 4.96. The highest BCUT2D eigenvalue weighted by Crippen LogP contribution is 2.24. The average molecular weight is 417 g/mol. The van der Waals surface area contributed by atoms with Crippen LogP contribution in [-0.2, 0) is 21.4 Å². The van der Waals surface area contributed by atoms with E-state index in [0.717, 1.165) is 16.9 Å². The van der Waals surface area contributed by atoms with Gasteiger partial charge in [0.05, 0.1) is 17.4 Å². The summed E-state index contributed by atoms with van der Waals surface area (Å²) in [4.78, 5) is 12.9. The summed E-state index contributed by atoms with van der Waals surface area (Å²) in [6.07, 6.45) is 1.36. The number of ether oxygens (including phenoxy) is 1. The molecule has 0 spiro atoms. The molecular formula is C22H28N2O4S. The Morgan fingerprint density at radius 2 is 1.83 bits per heavy atom. The maximum Gasteiger partial charge on any atom is 0.243 e. The van der Waals surface area contributed by atoms with E-state index in [0.29, 0.717) is 32.5 Å². The largest absolute Gasteiger partial charge is 0.494 e. The third kappa shape index (κ3) is 5.36. The molecule has 1 heterocycles. The Bertz CT molecular complexity index is 924. The second kappa shape index (κ2) is 9.41. The SMILES string of the molecule is CCOc1ccc(CNC(=O)[C@H]2CCCN(S(=O)(=O)c3ccc(C)cc3)C2)cc1. The molecule has 0 aliphatic carbocycles. The second-order valence-electron chi connectivity index (χ2n) is 7.31. The molecule has 1 aliphatic heterocycles. The van der Waals surface area contributed by atoms with Crippen molar-refractivity contribution >= 4 is 15.9 Å². The summed E-state index contributed by atoms with van der Waals surface area (Å²) in [6.45, 7) is 5.53. The van der Waals surface area contributed by atoms with Crippen molar-refractivity contribution in [3.63, 3.8) is 0 Å². The van der Waals surface area contributed by atoms with Gasteiger partial charge in [-0.1, -0.05) is 29.8 Å². The summed E-state index contributed by atoms with van der Waals surface area (Å²) in [5, 5.41) is 2.94. The van der Waals surface area contributed by atoms with Gasteiger partial charge in [-0.2, -0.15) is 4.31 Å². The molecule has 1 atom stereocenters. The van der Waals surface area contributed by atoms with Crippen LogP contribution in [0.1, 0.15) is 30.9 Å². The summed E-state index contributed by atoms with van der Waals surface area (Å²) in [7, 11) is -3.58. The number of hydrogen-bond donors (Lipinski definition) is 1. The first-order valence-corrected chi connectivity index (χ1v) is 11.4. The molecule has 29 heavy (non-hydrogen) atoms. The Labute approximate surface area is 172 Å².